The molecule has 1 fully saturated rings. The van der Waals surface area contributed by atoms with E-state index in [4.69, 9.17) is 32.7 Å². The fraction of sp³-hybridized carbons (Fsp3) is 0.562. The van der Waals surface area contributed by atoms with Crippen molar-refractivity contribution in [2.24, 2.45) is 0 Å². The summed E-state index contributed by atoms with van der Waals surface area (Å²) in [5, 5.41) is 4.13. The number of methoxy groups -OCH3 is 2. The van der Waals surface area contributed by atoms with Crippen molar-refractivity contribution in [1.82, 2.24) is 5.32 Å². The molecule has 1 unspecified atom stereocenters. The topological polar surface area (TPSA) is 47.6 Å². The van der Waals surface area contributed by atoms with Crippen molar-refractivity contribution >= 4 is 29.0 Å². The first-order valence-electron chi connectivity index (χ1n) is 7.27. The molecular weight excluding hydrogens is 325 g/mol. The second-order valence-corrected chi connectivity index (χ2v) is 6.45. The van der Waals surface area contributed by atoms with Crippen LogP contribution in [-0.4, -0.2) is 37.9 Å². The third kappa shape index (κ3) is 3.17. The van der Waals surface area contributed by atoms with Crippen LogP contribution in [0, 0.1) is 0 Å². The molecule has 1 aliphatic rings. The van der Waals surface area contributed by atoms with E-state index in [0.717, 1.165) is 6.42 Å². The minimum atomic E-state index is -0.777. The molecule has 1 atom stereocenters. The van der Waals surface area contributed by atoms with Gasteiger partial charge in [0, 0.05) is 26.2 Å². The number of halogens is 2. The summed E-state index contributed by atoms with van der Waals surface area (Å²) < 4.78 is 11.0. The Morgan fingerprint density at radius 1 is 1.27 bits per heavy atom. The van der Waals surface area contributed by atoms with Crippen LogP contribution in [0.25, 0.3) is 0 Å². The third-order valence-electron chi connectivity index (χ3n) is 4.30. The summed E-state index contributed by atoms with van der Waals surface area (Å²) >= 11 is 12.0. The van der Waals surface area contributed by atoms with Crippen molar-refractivity contribution in [3.05, 3.63) is 33.8 Å². The summed E-state index contributed by atoms with van der Waals surface area (Å²) in [6.45, 7) is 2.51. The molecule has 0 amide bonds. The van der Waals surface area contributed by atoms with Crippen molar-refractivity contribution in [2.45, 2.75) is 37.5 Å². The van der Waals surface area contributed by atoms with Crippen molar-refractivity contribution in [3.8, 4) is 0 Å². The summed E-state index contributed by atoms with van der Waals surface area (Å²) in [4.78, 5) is 13.1. The number of carbonyl (C=O) groups is 1. The van der Waals surface area contributed by atoms with Gasteiger partial charge in [0.15, 0.2) is 11.6 Å². The van der Waals surface area contributed by atoms with E-state index in [1.165, 1.54) is 0 Å². The van der Waals surface area contributed by atoms with Crippen LogP contribution in [0.5, 0.6) is 0 Å². The lowest BCUT2D eigenvalue weighted by Gasteiger charge is -2.30. The van der Waals surface area contributed by atoms with Gasteiger partial charge in [0.25, 0.3) is 0 Å². The van der Waals surface area contributed by atoms with E-state index < -0.39 is 11.3 Å². The Hall–Kier alpha value is -0.650. The molecule has 22 heavy (non-hydrogen) atoms. The van der Waals surface area contributed by atoms with Crippen LogP contribution in [0.1, 0.15) is 36.5 Å². The van der Waals surface area contributed by atoms with Gasteiger partial charge in [-0.1, -0.05) is 36.5 Å². The van der Waals surface area contributed by atoms with Gasteiger partial charge in [-0.3, -0.25) is 10.1 Å². The van der Waals surface area contributed by atoms with Gasteiger partial charge in [0.2, 0.25) is 0 Å². The van der Waals surface area contributed by atoms with Crippen LogP contribution in [0.15, 0.2) is 18.2 Å². The summed E-state index contributed by atoms with van der Waals surface area (Å²) in [7, 11) is 3.19. The highest BCUT2D eigenvalue weighted by Crippen LogP contribution is 2.37. The number of hydrogen-bond acceptors (Lipinski definition) is 4. The van der Waals surface area contributed by atoms with Gasteiger partial charge in [-0.25, -0.2) is 0 Å². The maximum absolute atomic E-state index is 13.1. The van der Waals surface area contributed by atoms with Gasteiger partial charge >= 0.3 is 0 Å². The Kier molecular flexibility index (Phi) is 5.51. The molecule has 6 heteroatoms. The highest BCUT2D eigenvalue weighted by Gasteiger charge is 2.52. The van der Waals surface area contributed by atoms with Gasteiger partial charge in [-0.05, 0) is 24.6 Å². The van der Waals surface area contributed by atoms with Crippen LogP contribution in [0.2, 0.25) is 10.0 Å². The fourth-order valence-electron chi connectivity index (χ4n) is 3.05. The van der Waals surface area contributed by atoms with Crippen LogP contribution >= 0.6 is 23.2 Å². The number of Topliss-reactive ketones (excluding diaryl/α,β-unsaturated/α-hetero) is 1. The Bertz CT molecular complexity index is 560. The average Bonchev–Trinajstić information content (AvgIpc) is 2.91. The number of ether oxygens (including phenoxy) is 2. The smallest absolute Gasteiger partial charge is 0.183 e. The van der Waals surface area contributed by atoms with E-state index in [-0.39, 0.29) is 5.78 Å². The second-order valence-electron chi connectivity index (χ2n) is 5.64. The van der Waals surface area contributed by atoms with Crippen molar-refractivity contribution in [1.29, 1.82) is 0 Å². The van der Waals surface area contributed by atoms with Crippen LogP contribution in [0.3, 0.4) is 0 Å². The Morgan fingerprint density at radius 3 is 2.45 bits per heavy atom. The first-order chi connectivity index (χ1) is 10.4. The highest BCUT2D eigenvalue weighted by molar-refractivity contribution is 6.42. The monoisotopic (exact) mass is 345 g/mol. The predicted molar refractivity (Wildman–Crippen MR) is 87.8 cm³/mol. The lowest BCUT2D eigenvalue weighted by atomic mass is 9.83. The van der Waals surface area contributed by atoms with E-state index >= 15 is 0 Å². The van der Waals surface area contributed by atoms with Gasteiger partial charge in [-0.15, -0.1) is 0 Å². The maximum atomic E-state index is 13.1. The quantitative estimate of drug-likeness (QED) is 0.630. The molecule has 1 aromatic carbocycles. The normalized spacial score (nSPS) is 23.7. The average molecular weight is 346 g/mol. The number of rotatable bonds is 6. The highest BCUT2D eigenvalue weighted by atomic mass is 35.5. The molecule has 0 spiro atoms. The first kappa shape index (κ1) is 17.7. The van der Waals surface area contributed by atoms with Crippen molar-refractivity contribution < 1.29 is 14.3 Å². The lowest BCUT2D eigenvalue weighted by Crippen LogP contribution is -2.47. The van der Waals surface area contributed by atoms with E-state index in [1.54, 1.807) is 32.4 Å². The zero-order valence-electron chi connectivity index (χ0n) is 13.0. The van der Waals surface area contributed by atoms with Crippen LogP contribution < -0.4 is 5.32 Å². The minimum absolute atomic E-state index is 0.0103. The zero-order chi connectivity index (χ0) is 16.4. The largest absolute Gasteiger partial charge is 0.352 e. The number of ketones is 1. The SMILES string of the molecule is CCCC1(C(=O)c2ccc(Cl)c(Cl)c2)CC(OC)(OC)CN1. The maximum Gasteiger partial charge on any atom is 0.183 e. The van der Waals surface area contributed by atoms with E-state index in [0.29, 0.717) is 35.0 Å². The lowest BCUT2D eigenvalue weighted by molar-refractivity contribution is -0.193. The Morgan fingerprint density at radius 2 is 1.95 bits per heavy atom. The van der Waals surface area contributed by atoms with Gasteiger partial charge < -0.3 is 9.47 Å². The summed E-state index contributed by atoms with van der Waals surface area (Å²) in [6.07, 6.45) is 2.02. The van der Waals surface area contributed by atoms with E-state index in [2.05, 4.69) is 5.32 Å². The number of benzene rings is 1. The minimum Gasteiger partial charge on any atom is -0.352 e. The predicted octanol–water partition coefficient (Wildman–Crippen LogP) is 3.70. The molecule has 1 heterocycles. The van der Waals surface area contributed by atoms with Crippen molar-refractivity contribution in [3.63, 3.8) is 0 Å². The molecule has 1 aliphatic heterocycles. The number of hydrogen-bond donors (Lipinski definition) is 1. The molecular formula is C16H21Cl2NO3. The van der Waals surface area contributed by atoms with E-state index in [1.807, 2.05) is 6.92 Å². The molecule has 0 aliphatic carbocycles. The van der Waals surface area contributed by atoms with Crippen molar-refractivity contribution in [2.75, 3.05) is 20.8 Å². The first-order valence-corrected chi connectivity index (χ1v) is 8.03. The number of nitrogens with one attached hydrogen (secondary N) is 1. The molecule has 122 valence electrons. The number of carbonyl (C=O) groups excluding carboxylic acids is 1. The molecule has 0 bridgehead atoms. The van der Waals surface area contributed by atoms with Crippen LogP contribution in [0.4, 0.5) is 0 Å². The molecule has 1 aromatic rings. The summed E-state index contributed by atoms with van der Waals surface area (Å²) in [5.41, 5.74) is -0.170. The van der Waals surface area contributed by atoms with E-state index in [9.17, 15) is 4.79 Å². The van der Waals surface area contributed by atoms with Crippen LogP contribution in [-0.2, 0) is 9.47 Å². The molecule has 0 saturated carbocycles. The van der Waals surface area contributed by atoms with Gasteiger partial charge in [-0.2, -0.15) is 0 Å². The zero-order valence-corrected chi connectivity index (χ0v) is 14.6. The molecule has 4 nitrogen and oxygen atoms in total. The standard InChI is InChI=1S/C16H21Cl2NO3/c1-4-7-15(9-16(21-2,22-3)10-19-15)14(20)11-5-6-12(17)13(18)8-11/h5-6,8,19H,4,7,9-10H2,1-3H3. The Labute approximate surface area is 141 Å². The van der Waals surface area contributed by atoms with Gasteiger partial charge in [0.05, 0.1) is 22.1 Å². The molecule has 2 rings (SSSR count). The fourth-order valence-corrected chi connectivity index (χ4v) is 3.35. The molecule has 0 radical (unpaired) electrons. The summed E-state index contributed by atoms with van der Waals surface area (Å²) in [5.74, 6) is -0.787. The summed E-state index contributed by atoms with van der Waals surface area (Å²) in [6, 6.07) is 4.96. The Balaban J connectivity index is 2.35. The molecule has 1 saturated heterocycles. The third-order valence-corrected chi connectivity index (χ3v) is 5.04. The molecule has 0 aromatic heterocycles. The van der Waals surface area contributed by atoms with Gasteiger partial charge in [0.1, 0.15) is 0 Å². The molecule has 1 N–H and O–H groups in total. The second kappa shape index (κ2) is 6.85.